The molecule has 156 valence electrons. The molecule has 3 aromatic rings. The molecule has 0 aliphatic carbocycles. The van der Waals surface area contributed by atoms with Crippen molar-refractivity contribution < 1.29 is 23.0 Å². The van der Waals surface area contributed by atoms with Crippen molar-refractivity contribution in [1.82, 2.24) is 4.57 Å². The van der Waals surface area contributed by atoms with Crippen molar-refractivity contribution in [2.45, 2.75) is 13.2 Å². The lowest BCUT2D eigenvalue weighted by molar-refractivity contribution is -0.116. The van der Waals surface area contributed by atoms with Gasteiger partial charge in [0.1, 0.15) is 18.0 Å². The number of aromatic nitrogens is 1. The van der Waals surface area contributed by atoms with Crippen molar-refractivity contribution >= 4 is 27.5 Å². The average molecular weight is 479 g/mol. The van der Waals surface area contributed by atoms with Gasteiger partial charge in [0, 0.05) is 28.0 Å². The van der Waals surface area contributed by atoms with Crippen molar-refractivity contribution in [1.29, 1.82) is 0 Å². The highest BCUT2D eigenvalue weighted by Crippen LogP contribution is 2.34. The number of nitrogens with zero attached hydrogens (tertiary/aromatic N) is 1. The standard InChI is InChI=1S/C21H17BrF2N2O4/c1-29-16-6-2-13(3-7-16)17-10-15(5-8-18(17)30-21(23)24)25-19(27)12-26-11-14(22)4-9-20(26)28/h2-11,21H,12H2,1H3,(H,25,27). The van der Waals surface area contributed by atoms with Crippen LogP contribution in [0.25, 0.3) is 11.1 Å². The summed E-state index contributed by atoms with van der Waals surface area (Å²) in [6.07, 6.45) is 1.50. The van der Waals surface area contributed by atoms with Crippen LogP contribution in [0.15, 0.2) is 70.1 Å². The van der Waals surface area contributed by atoms with Crippen LogP contribution < -0.4 is 20.3 Å². The van der Waals surface area contributed by atoms with E-state index in [2.05, 4.69) is 26.0 Å². The van der Waals surface area contributed by atoms with Crippen LogP contribution in [0.2, 0.25) is 0 Å². The van der Waals surface area contributed by atoms with E-state index >= 15 is 0 Å². The molecule has 0 aliphatic heterocycles. The molecule has 9 heteroatoms. The second-order valence-electron chi connectivity index (χ2n) is 6.18. The summed E-state index contributed by atoms with van der Waals surface area (Å²) in [7, 11) is 1.52. The molecular weight excluding hydrogens is 462 g/mol. The first-order valence-electron chi connectivity index (χ1n) is 8.75. The minimum atomic E-state index is -2.99. The number of halogens is 3. The molecular formula is C21H17BrF2N2O4. The van der Waals surface area contributed by atoms with Gasteiger partial charge in [0.2, 0.25) is 5.91 Å². The summed E-state index contributed by atoms with van der Waals surface area (Å²) < 4.78 is 37.3. The lowest BCUT2D eigenvalue weighted by Gasteiger charge is -2.14. The highest BCUT2D eigenvalue weighted by Gasteiger charge is 2.14. The predicted molar refractivity (Wildman–Crippen MR) is 112 cm³/mol. The summed E-state index contributed by atoms with van der Waals surface area (Å²) in [5.41, 5.74) is 1.02. The smallest absolute Gasteiger partial charge is 0.387 e. The van der Waals surface area contributed by atoms with E-state index in [1.165, 1.54) is 42.1 Å². The van der Waals surface area contributed by atoms with Crippen molar-refractivity contribution in [3.63, 3.8) is 0 Å². The van der Waals surface area contributed by atoms with E-state index in [0.29, 0.717) is 27.0 Å². The summed E-state index contributed by atoms with van der Waals surface area (Å²) in [5.74, 6) is 0.133. The molecule has 1 N–H and O–H groups in total. The number of anilines is 1. The molecule has 0 bridgehead atoms. The SMILES string of the molecule is COc1ccc(-c2cc(NC(=O)Cn3cc(Br)ccc3=O)ccc2OC(F)F)cc1. The number of nitrogens with one attached hydrogen (secondary N) is 1. The molecule has 0 unspecified atom stereocenters. The third-order valence-electron chi connectivity index (χ3n) is 4.14. The van der Waals surface area contributed by atoms with Crippen molar-refractivity contribution in [2.75, 3.05) is 12.4 Å². The van der Waals surface area contributed by atoms with Gasteiger partial charge in [-0.15, -0.1) is 0 Å². The highest BCUT2D eigenvalue weighted by molar-refractivity contribution is 9.10. The Kier molecular flexibility index (Phi) is 6.83. The van der Waals surface area contributed by atoms with Gasteiger partial charge in [0.15, 0.2) is 0 Å². The Labute approximate surface area is 179 Å². The minimum Gasteiger partial charge on any atom is -0.497 e. The molecule has 0 saturated carbocycles. The zero-order chi connectivity index (χ0) is 21.7. The lowest BCUT2D eigenvalue weighted by atomic mass is 10.0. The van der Waals surface area contributed by atoms with Gasteiger partial charge in [-0.2, -0.15) is 8.78 Å². The van der Waals surface area contributed by atoms with E-state index in [-0.39, 0.29) is 17.9 Å². The molecule has 2 aromatic carbocycles. The number of benzene rings is 2. The summed E-state index contributed by atoms with van der Waals surface area (Å²) in [4.78, 5) is 24.2. The van der Waals surface area contributed by atoms with Crippen LogP contribution >= 0.6 is 15.9 Å². The predicted octanol–water partition coefficient (Wildman–Crippen LogP) is 4.53. The summed E-state index contributed by atoms with van der Waals surface area (Å²) in [6, 6.07) is 14.0. The highest BCUT2D eigenvalue weighted by atomic mass is 79.9. The molecule has 30 heavy (non-hydrogen) atoms. The lowest BCUT2D eigenvalue weighted by Crippen LogP contribution is -2.26. The number of alkyl halides is 2. The third-order valence-corrected chi connectivity index (χ3v) is 4.61. The number of hydrogen-bond donors (Lipinski definition) is 1. The normalized spacial score (nSPS) is 10.7. The molecule has 0 atom stereocenters. The number of methoxy groups -OCH3 is 1. The minimum absolute atomic E-state index is 0.0311. The van der Waals surface area contributed by atoms with Crippen LogP contribution in [-0.4, -0.2) is 24.2 Å². The van der Waals surface area contributed by atoms with Gasteiger partial charge < -0.3 is 19.4 Å². The first-order valence-corrected chi connectivity index (χ1v) is 9.54. The number of carbonyl (C=O) groups excluding carboxylic acids is 1. The average Bonchev–Trinajstić information content (AvgIpc) is 2.71. The molecule has 0 aliphatic rings. The molecule has 0 radical (unpaired) electrons. The Hall–Kier alpha value is -3.20. The Morgan fingerprint density at radius 1 is 1.13 bits per heavy atom. The summed E-state index contributed by atoms with van der Waals surface area (Å²) in [5, 5.41) is 2.67. The Morgan fingerprint density at radius 3 is 2.53 bits per heavy atom. The summed E-state index contributed by atoms with van der Waals surface area (Å²) in [6.45, 7) is -3.20. The van der Waals surface area contributed by atoms with Crippen LogP contribution in [0.3, 0.4) is 0 Å². The van der Waals surface area contributed by atoms with E-state index in [1.807, 2.05) is 0 Å². The van der Waals surface area contributed by atoms with E-state index in [9.17, 15) is 18.4 Å². The molecule has 1 amide bonds. The fraction of sp³-hybridized carbons (Fsp3) is 0.143. The largest absolute Gasteiger partial charge is 0.497 e. The van der Waals surface area contributed by atoms with E-state index < -0.39 is 12.5 Å². The van der Waals surface area contributed by atoms with Crippen LogP contribution in [0.5, 0.6) is 11.5 Å². The van der Waals surface area contributed by atoms with E-state index in [0.717, 1.165) is 0 Å². The van der Waals surface area contributed by atoms with Gasteiger partial charge in [-0.3, -0.25) is 9.59 Å². The van der Waals surface area contributed by atoms with Gasteiger partial charge >= 0.3 is 6.61 Å². The van der Waals surface area contributed by atoms with Crippen molar-refractivity contribution in [3.8, 4) is 22.6 Å². The Bertz CT molecular complexity index is 1100. The van der Waals surface area contributed by atoms with Crippen molar-refractivity contribution in [3.05, 3.63) is 75.6 Å². The second kappa shape index (κ2) is 9.53. The first-order chi connectivity index (χ1) is 14.4. The topological polar surface area (TPSA) is 69.6 Å². The monoisotopic (exact) mass is 478 g/mol. The number of rotatable bonds is 7. The fourth-order valence-corrected chi connectivity index (χ4v) is 3.16. The second-order valence-corrected chi connectivity index (χ2v) is 7.10. The Balaban J connectivity index is 1.86. The number of ether oxygens (including phenoxy) is 2. The fourth-order valence-electron chi connectivity index (χ4n) is 2.78. The van der Waals surface area contributed by atoms with Crippen LogP contribution in [0.4, 0.5) is 14.5 Å². The maximum atomic E-state index is 12.8. The van der Waals surface area contributed by atoms with E-state index in [4.69, 9.17) is 4.74 Å². The van der Waals surface area contributed by atoms with Gasteiger partial charge in [0.05, 0.1) is 7.11 Å². The molecule has 6 nitrogen and oxygen atoms in total. The molecule has 0 saturated heterocycles. The molecule has 0 fully saturated rings. The number of carbonyl (C=O) groups is 1. The zero-order valence-electron chi connectivity index (χ0n) is 15.8. The first kappa shape index (κ1) is 21.5. The molecule has 3 rings (SSSR count). The molecule has 1 aromatic heterocycles. The third kappa shape index (κ3) is 5.44. The van der Waals surface area contributed by atoms with Crippen LogP contribution in [0, 0.1) is 0 Å². The van der Waals surface area contributed by atoms with Gasteiger partial charge in [-0.05, 0) is 57.9 Å². The number of hydrogen-bond acceptors (Lipinski definition) is 4. The van der Waals surface area contributed by atoms with Gasteiger partial charge in [-0.25, -0.2) is 0 Å². The summed E-state index contributed by atoms with van der Waals surface area (Å²) >= 11 is 3.25. The quantitative estimate of drug-likeness (QED) is 0.541. The van der Waals surface area contributed by atoms with Crippen LogP contribution in [0.1, 0.15) is 0 Å². The molecule has 1 heterocycles. The van der Waals surface area contributed by atoms with E-state index in [1.54, 1.807) is 30.3 Å². The Morgan fingerprint density at radius 2 is 1.87 bits per heavy atom. The van der Waals surface area contributed by atoms with Crippen molar-refractivity contribution in [2.24, 2.45) is 0 Å². The zero-order valence-corrected chi connectivity index (χ0v) is 17.4. The maximum Gasteiger partial charge on any atom is 0.387 e. The van der Waals surface area contributed by atoms with Gasteiger partial charge in [-0.1, -0.05) is 12.1 Å². The van der Waals surface area contributed by atoms with Crippen LogP contribution in [-0.2, 0) is 11.3 Å². The van der Waals surface area contributed by atoms with Gasteiger partial charge in [0.25, 0.3) is 5.56 Å². The number of pyridine rings is 1. The molecule has 0 spiro atoms. The maximum absolute atomic E-state index is 12.8. The number of amides is 1.